The Hall–Kier alpha value is -3.54. The Morgan fingerprint density at radius 2 is 2.00 bits per heavy atom. The highest BCUT2D eigenvalue weighted by atomic mass is 16.5. The Bertz CT molecular complexity index is 935. The minimum Gasteiger partial charge on any atom is -0.493 e. The number of aromatic nitrogens is 2. The van der Waals surface area contributed by atoms with Crippen molar-refractivity contribution >= 4 is 5.91 Å². The van der Waals surface area contributed by atoms with Gasteiger partial charge in [0.25, 0.3) is 5.91 Å². The van der Waals surface area contributed by atoms with E-state index in [1.165, 1.54) is 0 Å². The molecule has 0 spiro atoms. The van der Waals surface area contributed by atoms with Gasteiger partial charge in [-0.1, -0.05) is 30.3 Å². The second-order valence-electron chi connectivity index (χ2n) is 6.17. The number of methoxy groups -OCH3 is 1. The summed E-state index contributed by atoms with van der Waals surface area (Å²) in [6.45, 7) is 4.01. The third-order valence-electron chi connectivity index (χ3n) is 4.11. The van der Waals surface area contributed by atoms with Crippen molar-refractivity contribution in [3.8, 4) is 17.2 Å². The van der Waals surface area contributed by atoms with Gasteiger partial charge in [-0.05, 0) is 36.2 Å². The number of amides is 1. The van der Waals surface area contributed by atoms with E-state index < -0.39 is 0 Å². The van der Waals surface area contributed by atoms with Crippen molar-refractivity contribution in [1.82, 2.24) is 15.1 Å². The van der Waals surface area contributed by atoms with Crippen LogP contribution in [0.1, 0.15) is 11.1 Å². The molecule has 144 valence electrons. The number of carbonyl (C=O) groups excluding carboxylic acids is 1. The molecule has 1 heterocycles. The smallest absolute Gasteiger partial charge is 0.258 e. The number of rotatable bonds is 9. The van der Waals surface area contributed by atoms with Crippen molar-refractivity contribution in [2.45, 2.75) is 13.0 Å². The highest BCUT2D eigenvalue weighted by Gasteiger charge is 2.09. The van der Waals surface area contributed by atoms with Gasteiger partial charge in [-0.2, -0.15) is 5.10 Å². The van der Waals surface area contributed by atoms with E-state index in [1.54, 1.807) is 24.1 Å². The summed E-state index contributed by atoms with van der Waals surface area (Å²) in [5.41, 5.74) is 2.94. The van der Waals surface area contributed by atoms with Gasteiger partial charge in [0.05, 0.1) is 19.0 Å². The zero-order chi connectivity index (χ0) is 19.8. The number of hydrogen-bond donors (Lipinski definition) is 1. The SMILES string of the molecule is C=CCc1ccc(OCC(=O)NCc2cnn(-c3ccccc3)c2)c(OC)c1. The third kappa shape index (κ3) is 5.01. The van der Waals surface area contributed by atoms with Crippen LogP contribution in [-0.2, 0) is 17.8 Å². The molecular weight excluding hydrogens is 354 g/mol. The number of ether oxygens (including phenoxy) is 2. The fourth-order valence-electron chi connectivity index (χ4n) is 2.69. The number of allylic oxidation sites excluding steroid dienone is 1. The van der Waals surface area contributed by atoms with Gasteiger partial charge in [-0.15, -0.1) is 6.58 Å². The van der Waals surface area contributed by atoms with E-state index in [1.807, 2.05) is 54.7 Å². The molecule has 2 aromatic carbocycles. The Morgan fingerprint density at radius 3 is 2.75 bits per heavy atom. The van der Waals surface area contributed by atoms with Crippen LogP contribution in [0.3, 0.4) is 0 Å². The summed E-state index contributed by atoms with van der Waals surface area (Å²) in [6, 6.07) is 15.4. The predicted octanol–water partition coefficient (Wildman–Crippen LogP) is 3.30. The Balaban J connectivity index is 1.51. The number of carbonyl (C=O) groups is 1. The van der Waals surface area contributed by atoms with Gasteiger partial charge in [0.15, 0.2) is 18.1 Å². The molecule has 0 radical (unpaired) electrons. The number of hydrogen-bond acceptors (Lipinski definition) is 4. The molecule has 0 aliphatic heterocycles. The topological polar surface area (TPSA) is 65.4 Å². The van der Waals surface area contributed by atoms with Crippen LogP contribution in [0.2, 0.25) is 0 Å². The molecule has 1 amide bonds. The monoisotopic (exact) mass is 377 g/mol. The van der Waals surface area contributed by atoms with Gasteiger partial charge in [0, 0.05) is 18.3 Å². The molecule has 0 saturated heterocycles. The van der Waals surface area contributed by atoms with Gasteiger partial charge in [-0.25, -0.2) is 4.68 Å². The van der Waals surface area contributed by atoms with Gasteiger partial charge in [-0.3, -0.25) is 4.79 Å². The molecule has 0 bridgehead atoms. The maximum absolute atomic E-state index is 12.1. The molecule has 0 aliphatic carbocycles. The maximum Gasteiger partial charge on any atom is 0.258 e. The molecular formula is C22H23N3O3. The lowest BCUT2D eigenvalue weighted by atomic mass is 10.1. The van der Waals surface area contributed by atoms with E-state index in [2.05, 4.69) is 17.0 Å². The van der Waals surface area contributed by atoms with Crippen molar-refractivity contribution < 1.29 is 14.3 Å². The largest absolute Gasteiger partial charge is 0.493 e. The van der Waals surface area contributed by atoms with E-state index in [-0.39, 0.29) is 12.5 Å². The molecule has 0 fully saturated rings. The fourth-order valence-corrected chi connectivity index (χ4v) is 2.69. The molecule has 0 unspecified atom stereocenters. The van der Waals surface area contributed by atoms with E-state index in [0.29, 0.717) is 18.0 Å². The molecule has 28 heavy (non-hydrogen) atoms. The second-order valence-corrected chi connectivity index (χ2v) is 6.17. The lowest BCUT2D eigenvalue weighted by molar-refractivity contribution is -0.123. The van der Waals surface area contributed by atoms with Crippen molar-refractivity contribution in [1.29, 1.82) is 0 Å². The Kier molecular flexibility index (Phi) is 6.46. The first kappa shape index (κ1) is 19.2. The van der Waals surface area contributed by atoms with Crippen LogP contribution in [0.15, 0.2) is 73.6 Å². The standard InChI is InChI=1S/C22H23N3O3/c1-3-7-17-10-11-20(21(12-17)27-2)28-16-22(26)23-13-18-14-24-25(15-18)19-8-5-4-6-9-19/h3-6,8-12,14-15H,1,7,13,16H2,2H3,(H,23,26). The molecule has 3 rings (SSSR count). The highest BCUT2D eigenvalue weighted by Crippen LogP contribution is 2.28. The van der Waals surface area contributed by atoms with Gasteiger partial charge in [0.2, 0.25) is 0 Å². The van der Waals surface area contributed by atoms with Crippen LogP contribution in [-0.4, -0.2) is 29.4 Å². The number of nitrogens with one attached hydrogen (secondary N) is 1. The van der Waals surface area contributed by atoms with Crippen LogP contribution in [0.25, 0.3) is 5.69 Å². The van der Waals surface area contributed by atoms with Gasteiger partial charge in [0.1, 0.15) is 0 Å². The first-order valence-corrected chi connectivity index (χ1v) is 8.96. The van der Waals surface area contributed by atoms with Crippen molar-refractivity contribution in [3.05, 3.63) is 84.7 Å². The summed E-state index contributed by atoms with van der Waals surface area (Å²) in [7, 11) is 1.57. The minimum atomic E-state index is -0.218. The first-order chi connectivity index (χ1) is 13.7. The Morgan fingerprint density at radius 1 is 1.18 bits per heavy atom. The molecule has 1 aromatic heterocycles. The fraction of sp³-hybridized carbons (Fsp3) is 0.182. The average molecular weight is 377 g/mol. The first-order valence-electron chi connectivity index (χ1n) is 8.96. The summed E-state index contributed by atoms with van der Waals surface area (Å²) in [4.78, 5) is 12.1. The second kappa shape index (κ2) is 9.41. The van der Waals surface area contributed by atoms with Crippen LogP contribution < -0.4 is 14.8 Å². The summed E-state index contributed by atoms with van der Waals surface area (Å²) in [6.07, 6.45) is 6.18. The van der Waals surface area contributed by atoms with Crippen LogP contribution in [0.4, 0.5) is 0 Å². The van der Waals surface area contributed by atoms with E-state index in [9.17, 15) is 4.79 Å². The molecule has 6 nitrogen and oxygen atoms in total. The van der Waals surface area contributed by atoms with Crippen LogP contribution in [0.5, 0.6) is 11.5 Å². The van der Waals surface area contributed by atoms with Crippen molar-refractivity contribution in [3.63, 3.8) is 0 Å². The lowest BCUT2D eigenvalue weighted by Crippen LogP contribution is -2.28. The molecule has 1 N–H and O–H groups in total. The number of nitrogens with zero attached hydrogens (tertiary/aromatic N) is 2. The van der Waals surface area contributed by atoms with Crippen LogP contribution in [0, 0.1) is 0 Å². The van der Waals surface area contributed by atoms with Gasteiger partial charge >= 0.3 is 0 Å². The lowest BCUT2D eigenvalue weighted by Gasteiger charge is -2.11. The molecule has 0 aliphatic rings. The van der Waals surface area contributed by atoms with E-state index in [0.717, 1.165) is 23.2 Å². The average Bonchev–Trinajstić information content (AvgIpc) is 3.21. The highest BCUT2D eigenvalue weighted by molar-refractivity contribution is 5.77. The maximum atomic E-state index is 12.1. The predicted molar refractivity (Wildman–Crippen MR) is 108 cm³/mol. The normalized spacial score (nSPS) is 10.3. The molecule has 0 atom stereocenters. The van der Waals surface area contributed by atoms with E-state index >= 15 is 0 Å². The minimum absolute atomic E-state index is 0.0933. The van der Waals surface area contributed by atoms with Gasteiger partial charge < -0.3 is 14.8 Å². The number of benzene rings is 2. The van der Waals surface area contributed by atoms with E-state index in [4.69, 9.17) is 9.47 Å². The van der Waals surface area contributed by atoms with Crippen molar-refractivity contribution in [2.24, 2.45) is 0 Å². The summed E-state index contributed by atoms with van der Waals surface area (Å²) >= 11 is 0. The summed E-state index contributed by atoms with van der Waals surface area (Å²) in [5, 5.41) is 7.15. The quantitative estimate of drug-likeness (QED) is 0.581. The summed E-state index contributed by atoms with van der Waals surface area (Å²) < 4.78 is 12.7. The summed E-state index contributed by atoms with van der Waals surface area (Å²) in [5.74, 6) is 0.906. The number of para-hydroxylation sites is 1. The molecule has 6 heteroatoms. The zero-order valence-electron chi connectivity index (χ0n) is 15.8. The molecule has 3 aromatic rings. The Labute approximate surface area is 164 Å². The zero-order valence-corrected chi connectivity index (χ0v) is 15.8. The van der Waals surface area contributed by atoms with Crippen LogP contribution >= 0.6 is 0 Å². The third-order valence-corrected chi connectivity index (χ3v) is 4.11. The van der Waals surface area contributed by atoms with Crippen molar-refractivity contribution in [2.75, 3.05) is 13.7 Å². The molecule has 0 saturated carbocycles.